The van der Waals surface area contributed by atoms with Gasteiger partial charge >= 0.3 is 0 Å². The highest BCUT2D eigenvalue weighted by atomic mass is 32.1. The zero-order valence-corrected chi connectivity index (χ0v) is 15.5. The van der Waals surface area contributed by atoms with Crippen LogP contribution in [0.5, 0.6) is 5.75 Å². The van der Waals surface area contributed by atoms with Crippen LogP contribution in [0.4, 0.5) is 4.39 Å². The number of nitrogens with zero attached hydrogens (tertiary/aromatic N) is 1. The molecular formula is C21H19FN2OS. The summed E-state index contributed by atoms with van der Waals surface area (Å²) in [5.41, 5.74) is 3.71. The van der Waals surface area contributed by atoms with Crippen molar-refractivity contribution < 1.29 is 9.50 Å². The van der Waals surface area contributed by atoms with Crippen molar-refractivity contribution in [1.82, 2.24) is 10.3 Å². The van der Waals surface area contributed by atoms with Crippen molar-refractivity contribution in [3.63, 3.8) is 0 Å². The molecule has 5 heteroatoms. The summed E-state index contributed by atoms with van der Waals surface area (Å²) < 4.78 is 15.7. The van der Waals surface area contributed by atoms with E-state index in [1.807, 2.05) is 37.7 Å². The van der Waals surface area contributed by atoms with Crippen molar-refractivity contribution in [1.29, 1.82) is 0 Å². The molecule has 0 aliphatic rings. The number of hydrogen-bond acceptors (Lipinski definition) is 4. The number of benzene rings is 2. The van der Waals surface area contributed by atoms with Crippen molar-refractivity contribution in [3.05, 3.63) is 58.9 Å². The van der Waals surface area contributed by atoms with Crippen molar-refractivity contribution >= 4 is 32.3 Å². The van der Waals surface area contributed by atoms with Gasteiger partial charge in [0.2, 0.25) is 0 Å². The Morgan fingerprint density at radius 2 is 2.08 bits per heavy atom. The molecule has 4 aromatic rings. The predicted molar refractivity (Wildman–Crippen MR) is 107 cm³/mol. The van der Waals surface area contributed by atoms with Gasteiger partial charge in [-0.25, -0.2) is 4.39 Å². The van der Waals surface area contributed by atoms with E-state index in [-0.39, 0.29) is 11.6 Å². The van der Waals surface area contributed by atoms with Crippen LogP contribution in [0.15, 0.2) is 41.9 Å². The van der Waals surface area contributed by atoms with Gasteiger partial charge in [0, 0.05) is 22.5 Å². The highest BCUT2D eigenvalue weighted by Crippen LogP contribution is 2.42. The number of phenolic OH excluding ortho intramolecular Hbond substituents is 1. The zero-order chi connectivity index (χ0) is 18.3. The van der Waals surface area contributed by atoms with Gasteiger partial charge < -0.3 is 10.4 Å². The lowest BCUT2D eigenvalue weighted by Gasteiger charge is -2.13. The number of halogens is 1. The number of fused-ring (bicyclic) bond motifs is 3. The van der Waals surface area contributed by atoms with Crippen LogP contribution < -0.4 is 5.32 Å². The molecule has 2 heterocycles. The van der Waals surface area contributed by atoms with E-state index in [1.54, 1.807) is 23.5 Å². The second kappa shape index (κ2) is 6.67. The minimum Gasteiger partial charge on any atom is -0.507 e. The molecule has 0 saturated carbocycles. The molecule has 4 rings (SSSR count). The average molecular weight is 366 g/mol. The Morgan fingerprint density at radius 3 is 2.85 bits per heavy atom. The van der Waals surface area contributed by atoms with E-state index in [0.717, 1.165) is 26.6 Å². The summed E-state index contributed by atoms with van der Waals surface area (Å²) in [5, 5.41) is 17.6. The molecule has 3 nitrogen and oxygen atoms in total. The molecule has 0 atom stereocenters. The van der Waals surface area contributed by atoms with Crippen LogP contribution >= 0.6 is 11.3 Å². The predicted octanol–water partition coefficient (Wildman–Crippen LogP) is 5.03. The van der Waals surface area contributed by atoms with E-state index in [9.17, 15) is 9.50 Å². The average Bonchev–Trinajstić information content (AvgIpc) is 3.10. The molecule has 2 aromatic carbocycles. The molecule has 2 N–H and O–H groups in total. The fourth-order valence-electron chi connectivity index (χ4n) is 3.43. The number of pyridine rings is 1. The Morgan fingerprint density at radius 1 is 1.23 bits per heavy atom. The summed E-state index contributed by atoms with van der Waals surface area (Å²) in [7, 11) is 1.85. The number of likely N-dealkylation sites (N-methyl/N-ethyl adjacent to an activating group) is 1. The number of thiophene rings is 1. The quantitative estimate of drug-likeness (QED) is 0.532. The van der Waals surface area contributed by atoms with E-state index in [4.69, 9.17) is 0 Å². The number of aromatic hydroxyl groups is 1. The molecule has 0 radical (unpaired) electrons. The zero-order valence-electron chi connectivity index (χ0n) is 14.6. The van der Waals surface area contributed by atoms with Crippen LogP contribution in [0, 0.1) is 12.7 Å². The van der Waals surface area contributed by atoms with Gasteiger partial charge in [-0.2, -0.15) is 0 Å². The largest absolute Gasteiger partial charge is 0.507 e. The van der Waals surface area contributed by atoms with Crippen LogP contribution in [0.3, 0.4) is 0 Å². The maximum absolute atomic E-state index is 14.6. The number of hydrogen-bond donors (Lipinski definition) is 2. The van der Waals surface area contributed by atoms with Gasteiger partial charge in [-0.15, -0.1) is 11.3 Å². The lowest BCUT2D eigenvalue weighted by molar-refractivity contribution is 0.477. The molecule has 0 unspecified atom stereocenters. The van der Waals surface area contributed by atoms with Gasteiger partial charge in [0.1, 0.15) is 11.6 Å². The molecular weight excluding hydrogens is 347 g/mol. The summed E-state index contributed by atoms with van der Waals surface area (Å²) in [6.07, 6.45) is 2.48. The van der Waals surface area contributed by atoms with Gasteiger partial charge in [0.25, 0.3) is 0 Å². The van der Waals surface area contributed by atoms with Crippen molar-refractivity contribution in [2.75, 3.05) is 13.6 Å². The standard InChI is InChI=1S/C21H19FN2OS/c1-12-9-17(25)19(14-4-3-13(5-7-23-2)16(22)10-14)20-15-6-8-26-18(15)11-24-21(12)20/h3-4,6,8-11,23,25H,5,7H2,1-2H3. The first kappa shape index (κ1) is 16.9. The Labute approximate surface area is 155 Å². The fraction of sp³-hybridized carbons (Fsp3) is 0.190. The van der Waals surface area contributed by atoms with Gasteiger partial charge in [0.15, 0.2) is 0 Å². The van der Waals surface area contributed by atoms with Crippen LogP contribution in [0.25, 0.3) is 32.1 Å². The van der Waals surface area contributed by atoms with Crippen LogP contribution in [0.1, 0.15) is 11.1 Å². The van der Waals surface area contributed by atoms with Crippen LogP contribution in [0.2, 0.25) is 0 Å². The first-order valence-electron chi connectivity index (χ1n) is 8.52. The first-order chi connectivity index (χ1) is 12.6. The highest BCUT2D eigenvalue weighted by molar-refractivity contribution is 7.17. The van der Waals surface area contributed by atoms with E-state index in [2.05, 4.69) is 10.3 Å². The molecule has 0 aliphatic heterocycles. The Balaban J connectivity index is 1.99. The molecule has 0 saturated heterocycles. The number of rotatable bonds is 4. The maximum atomic E-state index is 14.6. The summed E-state index contributed by atoms with van der Waals surface area (Å²) in [5.74, 6) is -0.103. The van der Waals surface area contributed by atoms with Gasteiger partial charge in [-0.3, -0.25) is 4.98 Å². The second-order valence-electron chi connectivity index (χ2n) is 6.43. The third-order valence-electron chi connectivity index (χ3n) is 4.73. The molecule has 0 amide bonds. The van der Waals surface area contributed by atoms with E-state index in [0.29, 0.717) is 29.7 Å². The minimum atomic E-state index is -0.253. The Kier molecular flexibility index (Phi) is 4.34. The lowest BCUT2D eigenvalue weighted by Crippen LogP contribution is -2.11. The highest BCUT2D eigenvalue weighted by Gasteiger charge is 2.17. The van der Waals surface area contributed by atoms with Crippen molar-refractivity contribution in [2.24, 2.45) is 0 Å². The smallest absolute Gasteiger partial charge is 0.127 e. The third-order valence-corrected chi connectivity index (χ3v) is 5.58. The number of nitrogens with one attached hydrogen (secondary N) is 1. The van der Waals surface area contributed by atoms with Gasteiger partial charge in [-0.05, 0) is 67.2 Å². The number of aryl methyl sites for hydroxylation is 1. The molecule has 26 heavy (non-hydrogen) atoms. The normalized spacial score (nSPS) is 11.5. The van der Waals surface area contributed by atoms with Crippen molar-refractivity contribution in [2.45, 2.75) is 13.3 Å². The summed E-state index contributed by atoms with van der Waals surface area (Å²) in [6, 6.07) is 8.93. The Bertz CT molecular complexity index is 1120. The molecule has 0 bridgehead atoms. The second-order valence-corrected chi connectivity index (χ2v) is 7.38. The summed E-state index contributed by atoms with van der Waals surface area (Å²) in [6.45, 7) is 2.65. The summed E-state index contributed by atoms with van der Waals surface area (Å²) in [4.78, 5) is 4.59. The topological polar surface area (TPSA) is 45.1 Å². The molecule has 0 fully saturated rings. The van der Waals surface area contributed by atoms with E-state index >= 15 is 0 Å². The Hall–Kier alpha value is -2.50. The van der Waals surface area contributed by atoms with Gasteiger partial charge in [0.05, 0.1) is 10.2 Å². The number of phenols is 1. The van der Waals surface area contributed by atoms with Crippen LogP contribution in [-0.2, 0) is 6.42 Å². The number of aromatic nitrogens is 1. The molecule has 132 valence electrons. The minimum absolute atomic E-state index is 0.151. The first-order valence-corrected chi connectivity index (χ1v) is 9.40. The monoisotopic (exact) mass is 366 g/mol. The summed E-state index contributed by atoms with van der Waals surface area (Å²) >= 11 is 1.61. The van der Waals surface area contributed by atoms with Gasteiger partial charge in [-0.1, -0.05) is 12.1 Å². The maximum Gasteiger partial charge on any atom is 0.127 e. The molecule has 0 spiro atoms. The van der Waals surface area contributed by atoms with E-state index < -0.39 is 0 Å². The molecule has 2 aromatic heterocycles. The molecule has 0 aliphatic carbocycles. The fourth-order valence-corrected chi connectivity index (χ4v) is 4.19. The lowest BCUT2D eigenvalue weighted by atomic mass is 9.94. The van der Waals surface area contributed by atoms with E-state index in [1.165, 1.54) is 6.07 Å². The SMILES string of the molecule is CNCCc1ccc(-c2c(O)cc(C)c3ncc4sccc4c23)cc1F. The van der Waals surface area contributed by atoms with Crippen molar-refractivity contribution in [3.8, 4) is 16.9 Å². The van der Waals surface area contributed by atoms with Crippen LogP contribution in [-0.4, -0.2) is 23.7 Å². The third kappa shape index (κ3) is 2.73.